The Morgan fingerprint density at radius 3 is 2.26 bits per heavy atom. The highest BCUT2D eigenvalue weighted by Crippen LogP contribution is 2.33. The molecule has 11 heteroatoms. The lowest BCUT2D eigenvalue weighted by Gasteiger charge is -2.31. The van der Waals surface area contributed by atoms with Crippen LogP contribution in [0.5, 0.6) is 0 Å². The average molecular weight is 487 g/mol. The Balaban J connectivity index is 1.81. The molecule has 0 N–H and O–H groups in total. The van der Waals surface area contributed by atoms with Gasteiger partial charge in [0.2, 0.25) is 0 Å². The molecule has 1 aromatic carbocycles. The molecule has 1 unspecified atom stereocenters. The summed E-state index contributed by atoms with van der Waals surface area (Å²) >= 11 is 0. The molecule has 0 spiro atoms. The van der Waals surface area contributed by atoms with Crippen LogP contribution in [0.2, 0.25) is 0 Å². The highest BCUT2D eigenvalue weighted by atomic mass is 19.4. The minimum absolute atomic E-state index is 0.0971. The van der Waals surface area contributed by atoms with E-state index in [0.29, 0.717) is 0 Å². The number of carbonyl (C=O) groups is 2. The van der Waals surface area contributed by atoms with E-state index in [1.54, 1.807) is 0 Å². The zero-order chi connectivity index (χ0) is 25.4. The molecule has 0 aliphatic carbocycles. The number of Topliss-reactive ketones (excluding diaryl/α,β-unsaturated/α-hetero) is 1. The Morgan fingerprint density at radius 1 is 1.06 bits per heavy atom. The van der Waals surface area contributed by atoms with Gasteiger partial charge in [-0.05, 0) is 36.6 Å². The second-order valence-corrected chi connectivity index (χ2v) is 8.53. The Kier molecular flexibility index (Phi) is 6.95. The minimum atomic E-state index is -4.62. The third-order valence-corrected chi connectivity index (χ3v) is 5.81. The van der Waals surface area contributed by atoms with Gasteiger partial charge in [0.05, 0.1) is 29.5 Å². The van der Waals surface area contributed by atoms with Gasteiger partial charge in [-0.2, -0.15) is 26.3 Å². The van der Waals surface area contributed by atoms with Crippen molar-refractivity contribution in [2.24, 2.45) is 5.92 Å². The van der Waals surface area contributed by atoms with Crippen LogP contribution in [-0.2, 0) is 23.6 Å². The highest BCUT2D eigenvalue weighted by molar-refractivity contribution is 5.98. The summed E-state index contributed by atoms with van der Waals surface area (Å²) in [6, 6.07) is 4.38. The lowest BCUT2D eigenvalue weighted by molar-refractivity contribution is -0.141. The molecule has 1 fully saturated rings. The zero-order valence-corrected chi connectivity index (χ0v) is 18.6. The molecule has 1 aliphatic heterocycles. The van der Waals surface area contributed by atoms with Crippen LogP contribution in [0.15, 0.2) is 42.6 Å². The van der Waals surface area contributed by atoms with Crippen LogP contribution in [0, 0.1) is 5.92 Å². The second-order valence-electron chi connectivity index (χ2n) is 8.53. The van der Waals surface area contributed by atoms with Gasteiger partial charge in [-0.1, -0.05) is 32.0 Å². The maximum atomic E-state index is 13.2. The number of amides is 2. The average Bonchev–Trinajstić information content (AvgIpc) is 3.09. The molecule has 1 saturated heterocycles. The smallest absolute Gasteiger partial charge is 0.310 e. The number of hydrogen-bond donors (Lipinski definition) is 0. The molecule has 2 amide bonds. The van der Waals surface area contributed by atoms with Crippen molar-refractivity contribution in [3.8, 4) is 0 Å². The summed E-state index contributed by atoms with van der Waals surface area (Å²) in [6.07, 6.45) is -8.52. The van der Waals surface area contributed by atoms with Crippen molar-refractivity contribution >= 4 is 17.5 Å². The molecule has 0 saturated carbocycles. The van der Waals surface area contributed by atoms with Crippen molar-refractivity contribution < 1.29 is 35.9 Å². The van der Waals surface area contributed by atoms with E-state index in [1.165, 1.54) is 28.9 Å². The van der Waals surface area contributed by atoms with Gasteiger partial charge in [0.1, 0.15) is 5.69 Å². The molecule has 2 aromatic rings. The lowest BCUT2D eigenvalue weighted by Crippen LogP contribution is -2.48. The van der Waals surface area contributed by atoms with Gasteiger partial charge in [0.25, 0.3) is 0 Å². The van der Waals surface area contributed by atoms with Crippen LogP contribution >= 0.6 is 0 Å². The molecule has 2 atom stereocenters. The van der Waals surface area contributed by atoms with E-state index in [1.807, 2.05) is 13.8 Å². The van der Waals surface area contributed by atoms with Crippen LogP contribution in [0.25, 0.3) is 0 Å². The SMILES string of the molecule is CC(C)[C@H]1CN(c2ccc(C(F)(F)F)nc2)C(=O)N1C(C)C(=O)Cc1cccc(C(F)(F)F)c1. The fourth-order valence-corrected chi connectivity index (χ4v) is 3.91. The summed E-state index contributed by atoms with van der Waals surface area (Å²) < 4.78 is 77.4. The summed E-state index contributed by atoms with van der Waals surface area (Å²) in [7, 11) is 0. The largest absolute Gasteiger partial charge is 0.433 e. The molecule has 1 aliphatic rings. The second kappa shape index (κ2) is 9.27. The van der Waals surface area contributed by atoms with E-state index in [0.717, 1.165) is 30.5 Å². The van der Waals surface area contributed by atoms with E-state index >= 15 is 0 Å². The van der Waals surface area contributed by atoms with Crippen LogP contribution in [0.1, 0.15) is 37.6 Å². The monoisotopic (exact) mass is 487 g/mol. The number of rotatable bonds is 6. The number of ketones is 1. The number of urea groups is 1. The molecule has 0 bridgehead atoms. The number of pyridine rings is 1. The molecule has 2 heterocycles. The van der Waals surface area contributed by atoms with Gasteiger partial charge in [0.15, 0.2) is 5.78 Å². The normalized spacial score (nSPS) is 18.1. The van der Waals surface area contributed by atoms with Crippen molar-refractivity contribution in [1.82, 2.24) is 9.88 Å². The number of benzene rings is 1. The van der Waals surface area contributed by atoms with Gasteiger partial charge < -0.3 is 4.90 Å². The Morgan fingerprint density at radius 2 is 1.74 bits per heavy atom. The third kappa shape index (κ3) is 5.34. The first-order valence-corrected chi connectivity index (χ1v) is 10.5. The van der Waals surface area contributed by atoms with Crippen LogP contribution in [0.3, 0.4) is 0 Å². The molecule has 1 aromatic heterocycles. The number of hydrogen-bond acceptors (Lipinski definition) is 3. The van der Waals surface area contributed by atoms with Gasteiger partial charge >= 0.3 is 18.4 Å². The summed E-state index contributed by atoms with van der Waals surface area (Å²) in [5.74, 6) is -0.550. The number of alkyl halides is 6. The molecule has 5 nitrogen and oxygen atoms in total. The summed E-state index contributed by atoms with van der Waals surface area (Å²) in [4.78, 5) is 32.1. The Labute approximate surface area is 192 Å². The quantitative estimate of drug-likeness (QED) is 0.500. The number of aromatic nitrogens is 1. The molecule has 184 valence electrons. The zero-order valence-electron chi connectivity index (χ0n) is 18.6. The minimum Gasteiger partial charge on any atom is -0.310 e. The first kappa shape index (κ1) is 25.5. The topological polar surface area (TPSA) is 53.5 Å². The van der Waals surface area contributed by atoms with Crippen molar-refractivity contribution in [3.05, 3.63) is 59.4 Å². The van der Waals surface area contributed by atoms with Gasteiger partial charge in [-0.25, -0.2) is 9.78 Å². The van der Waals surface area contributed by atoms with Crippen molar-refractivity contribution in [2.75, 3.05) is 11.4 Å². The van der Waals surface area contributed by atoms with Crippen molar-refractivity contribution in [2.45, 2.75) is 51.6 Å². The van der Waals surface area contributed by atoms with Gasteiger partial charge in [-0.15, -0.1) is 0 Å². The van der Waals surface area contributed by atoms with Crippen molar-refractivity contribution in [3.63, 3.8) is 0 Å². The number of halogens is 6. The lowest BCUT2D eigenvalue weighted by atomic mass is 9.98. The Hall–Kier alpha value is -3.11. The number of carbonyl (C=O) groups excluding carboxylic acids is 2. The fourth-order valence-electron chi connectivity index (χ4n) is 3.91. The Bertz CT molecular complexity index is 1050. The van der Waals surface area contributed by atoms with E-state index in [9.17, 15) is 35.9 Å². The first-order valence-electron chi connectivity index (χ1n) is 10.5. The molecule has 3 rings (SSSR count). The van der Waals surface area contributed by atoms with E-state index in [2.05, 4.69) is 4.98 Å². The standard InChI is InChI=1S/C23H23F6N3O2/c1-13(2)18-12-31(17-7-8-20(30-11-17)23(27,28)29)21(34)32(18)14(3)19(33)10-15-5-4-6-16(9-15)22(24,25)26/h4-9,11,13-14,18H,10,12H2,1-3H3/t14?,18-/m1/s1. The predicted molar refractivity (Wildman–Crippen MR) is 112 cm³/mol. The maximum absolute atomic E-state index is 13.2. The van der Waals surface area contributed by atoms with Crippen LogP contribution in [0.4, 0.5) is 36.8 Å². The summed E-state index contributed by atoms with van der Waals surface area (Å²) in [5.41, 5.74) is -1.64. The molecular weight excluding hydrogens is 464 g/mol. The molecular formula is C23H23F6N3O2. The van der Waals surface area contributed by atoms with E-state index in [4.69, 9.17) is 0 Å². The van der Waals surface area contributed by atoms with E-state index < -0.39 is 47.5 Å². The predicted octanol–water partition coefficient (Wildman–Crippen LogP) is 5.59. The summed E-state index contributed by atoms with van der Waals surface area (Å²) in [6.45, 7) is 5.30. The third-order valence-electron chi connectivity index (χ3n) is 5.81. The number of nitrogens with zero attached hydrogens (tertiary/aromatic N) is 3. The maximum Gasteiger partial charge on any atom is 0.433 e. The first-order chi connectivity index (χ1) is 15.7. The van der Waals surface area contributed by atoms with Crippen LogP contribution < -0.4 is 4.90 Å². The van der Waals surface area contributed by atoms with Crippen molar-refractivity contribution in [1.29, 1.82) is 0 Å². The van der Waals surface area contributed by atoms with Gasteiger partial charge in [-0.3, -0.25) is 9.69 Å². The molecule has 0 radical (unpaired) electrons. The summed E-state index contributed by atoms with van der Waals surface area (Å²) in [5, 5.41) is 0. The molecule has 34 heavy (non-hydrogen) atoms. The fraction of sp³-hybridized carbons (Fsp3) is 0.435. The highest BCUT2D eigenvalue weighted by Gasteiger charge is 2.44. The van der Waals surface area contributed by atoms with Crippen LogP contribution in [-0.4, -0.2) is 40.3 Å². The van der Waals surface area contributed by atoms with E-state index in [-0.39, 0.29) is 30.1 Å². The van der Waals surface area contributed by atoms with Gasteiger partial charge in [0, 0.05) is 13.0 Å². The number of anilines is 1.